The van der Waals surface area contributed by atoms with E-state index in [1.807, 2.05) is 11.8 Å². The monoisotopic (exact) mass is 532 g/mol. The van der Waals surface area contributed by atoms with Crippen molar-refractivity contribution in [3.63, 3.8) is 0 Å². The molecule has 1 heterocycles. The van der Waals surface area contributed by atoms with Crippen molar-refractivity contribution >= 4 is 29.9 Å². The van der Waals surface area contributed by atoms with Gasteiger partial charge in [0.2, 0.25) is 0 Å². The van der Waals surface area contributed by atoms with Gasteiger partial charge in [-0.25, -0.2) is 9.38 Å². The van der Waals surface area contributed by atoms with Crippen LogP contribution in [0.3, 0.4) is 0 Å². The summed E-state index contributed by atoms with van der Waals surface area (Å²) in [5.41, 5.74) is 0.629. The number of nitrogens with one attached hydrogen (secondary N) is 1. The predicted molar refractivity (Wildman–Crippen MR) is 116 cm³/mol. The lowest BCUT2D eigenvalue weighted by molar-refractivity contribution is -0.146. The van der Waals surface area contributed by atoms with Crippen LogP contribution in [0, 0.1) is 11.7 Å². The molecule has 29 heavy (non-hydrogen) atoms. The summed E-state index contributed by atoms with van der Waals surface area (Å²) in [5, 5.41) is 12.5. The van der Waals surface area contributed by atoms with E-state index in [2.05, 4.69) is 10.3 Å². The van der Waals surface area contributed by atoms with E-state index in [0.29, 0.717) is 44.2 Å². The zero-order valence-electron chi connectivity index (χ0n) is 16.7. The molecule has 10 heteroatoms. The largest absolute Gasteiger partial charge is 0.505 e. The quantitative estimate of drug-likeness (QED) is 0.243. The van der Waals surface area contributed by atoms with Gasteiger partial charge in [0.05, 0.1) is 13.1 Å². The lowest BCUT2D eigenvalue weighted by atomic mass is 10.1. The van der Waals surface area contributed by atoms with Gasteiger partial charge >= 0.3 is 6.18 Å². The molecule has 0 amide bonds. The summed E-state index contributed by atoms with van der Waals surface area (Å²) in [6.45, 7) is 5.78. The number of hydrogen-bond donors (Lipinski definition) is 2. The van der Waals surface area contributed by atoms with Gasteiger partial charge in [0.25, 0.3) is 0 Å². The SMILES string of the molecule is CCNC(=NCc1ccc(O)c(F)c1)N1CCC(CN(CC)CC(F)(F)F)C1.I. The third kappa shape index (κ3) is 8.53. The maximum Gasteiger partial charge on any atom is 0.401 e. The average Bonchev–Trinajstić information content (AvgIpc) is 3.08. The fourth-order valence-corrected chi connectivity index (χ4v) is 3.34. The van der Waals surface area contributed by atoms with E-state index in [-0.39, 0.29) is 36.4 Å². The number of benzene rings is 1. The second-order valence-electron chi connectivity index (χ2n) is 7.00. The highest BCUT2D eigenvalue weighted by Gasteiger charge is 2.33. The highest BCUT2D eigenvalue weighted by atomic mass is 127. The summed E-state index contributed by atoms with van der Waals surface area (Å²) in [4.78, 5) is 7.98. The minimum absolute atomic E-state index is 0. The Balaban J connectivity index is 0.00000420. The van der Waals surface area contributed by atoms with E-state index >= 15 is 0 Å². The van der Waals surface area contributed by atoms with Crippen LogP contribution in [-0.2, 0) is 6.54 Å². The first-order chi connectivity index (χ1) is 13.2. The molecular weight excluding hydrogens is 503 g/mol. The number of aliphatic imine (C=N–C) groups is 1. The molecule has 0 saturated carbocycles. The van der Waals surface area contributed by atoms with E-state index in [0.717, 1.165) is 6.42 Å². The number of hydrogen-bond acceptors (Lipinski definition) is 3. The Morgan fingerprint density at radius 1 is 1.34 bits per heavy atom. The van der Waals surface area contributed by atoms with Crippen molar-refractivity contribution in [3.05, 3.63) is 29.6 Å². The molecule has 1 fully saturated rings. The van der Waals surface area contributed by atoms with Gasteiger partial charge in [0.1, 0.15) is 0 Å². The molecule has 1 aliphatic heterocycles. The minimum atomic E-state index is -4.19. The number of halogens is 5. The smallest absolute Gasteiger partial charge is 0.401 e. The normalized spacial score (nSPS) is 17.6. The zero-order valence-corrected chi connectivity index (χ0v) is 19.0. The first kappa shape index (κ1) is 25.7. The molecule has 0 aliphatic carbocycles. The van der Waals surface area contributed by atoms with Crippen molar-refractivity contribution in [2.45, 2.75) is 33.0 Å². The maximum atomic E-state index is 13.5. The molecule has 0 radical (unpaired) electrons. The molecule has 1 saturated heterocycles. The molecule has 0 bridgehead atoms. The number of likely N-dealkylation sites (tertiary alicyclic amines) is 1. The molecule has 0 spiro atoms. The third-order valence-electron chi connectivity index (χ3n) is 4.71. The topological polar surface area (TPSA) is 51.1 Å². The summed E-state index contributed by atoms with van der Waals surface area (Å²) >= 11 is 0. The molecule has 1 aliphatic rings. The lowest BCUT2D eigenvalue weighted by Crippen LogP contribution is -2.41. The summed E-state index contributed by atoms with van der Waals surface area (Å²) < 4.78 is 51.5. The number of alkyl halides is 3. The number of guanidine groups is 1. The number of phenolic OH excluding ortho intramolecular Hbond substituents is 1. The van der Waals surface area contributed by atoms with Crippen LogP contribution in [0.2, 0.25) is 0 Å². The highest BCUT2D eigenvalue weighted by Crippen LogP contribution is 2.22. The third-order valence-corrected chi connectivity index (χ3v) is 4.71. The number of rotatable bonds is 7. The van der Waals surface area contributed by atoms with Gasteiger partial charge in [-0.3, -0.25) is 4.90 Å². The van der Waals surface area contributed by atoms with E-state index in [4.69, 9.17) is 0 Å². The molecule has 1 aromatic carbocycles. The summed E-state index contributed by atoms with van der Waals surface area (Å²) in [6.07, 6.45) is -3.39. The Morgan fingerprint density at radius 3 is 2.66 bits per heavy atom. The van der Waals surface area contributed by atoms with Gasteiger partial charge in [-0.1, -0.05) is 13.0 Å². The second kappa shape index (κ2) is 11.8. The first-order valence-electron chi connectivity index (χ1n) is 9.51. The van der Waals surface area contributed by atoms with E-state index in [1.165, 1.54) is 17.0 Å². The van der Waals surface area contributed by atoms with Crippen LogP contribution in [0.4, 0.5) is 17.6 Å². The van der Waals surface area contributed by atoms with Crippen LogP contribution in [-0.4, -0.2) is 66.3 Å². The van der Waals surface area contributed by atoms with Crippen molar-refractivity contribution in [2.75, 3.05) is 39.3 Å². The molecule has 2 rings (SSSR count). The molecule has 0 aromatic heterocycles. The van der Waals surface area contributed by atoms with Crippen LogP contribution in [0.1, 0.15) is 25.8 Å². The number of nitrogens with zero attached hydrogens (tertiary/aromatic N) is 3. The fourth-order valence-electron chi connectivity index (χ4n) is 3.34. The number of aromatic hydroxyl groups is 1. The molecule has 166 valence electrons. The Kier molecular flexibility index (Phi) is 10.4. The van der Waals surface area contributed by atoms with Crippen molar-refractivity contribution in [1.82, 2.24) is 15.1 Å². The van der Waals surface area contributed by atoms with E-state index in [1.54, 1.807) is 13.0 Å². The van der Waals surface area contributed by atoms with Gasteiger partial charge in [-0.15, -0.1) is 24.0 Å². The van der Waals surface area contributed by atoms with Gasteiger partial charge < -0.3 is 15.3 Å². The average molecular weight is 532 g/mol. The van der Waals surface area contributed by atoms with Gasteiger partial charge in [0.15, 0.2) is 17.5 Å². The predicted octanol–water partition coefficient (Wildman–Crippen LogP) is 3.82. The second-order valence-corrected chi connectivity index (χ2v) is 7.00. The fraction of sp³-hybridized carbons (Fsp3) is 0.632. The Bertz CT molecular complexity index is 672. The van der Waals surface area contributed by atoms with Crippen molar-refractivity contribution in [1.29, 1.82) is 0 Å². The van der Waals surface area contributed by atoms with Crippen LogP contribution in [0.5, 0.6) is 5.75 Å². The van der Waals surface area contributed by atoms with Gasteiger partial charge in [-0.05, 0) is 43.5 Å². The molecular formula is C19H29F4IN4O. The van der Waals surface area contributed by atoms with Crippen LogP contribution in [0.15, 0.2) is 23.2 Å². The Morgan fingerprint density at radius 2 is 2.07 bits per heavy atom. The van der Waals surface area contributed by atoms with Crippen LogP contribution >= 0.6 is 24.0 Å². The molecule has 5 nitrogen and oxygen atoms in total. The van der Waals surface area contributed by atoms with Crippen LogP contribution in [0.25, 0.3) is 0 Å². The van der Waals surface area contributed by atoms with Crippen LogP contribution < -0.4 is 5.32 Å². The molecule has 1 aromatic rings. The van der Waals surface area contributed by atoms with Crippen molar-refractivity contribution in [2.24, 2.45) is 10.9 Å². The summed E-state index contributed by atoms with van der Waals surface area (Å²) in [7, 11) is 0. The zero-order chi connectivity index (χ0) is 20.7. The van der Waals surface area contributed by atoms with E-state index < -0.39 is 24.3 Å². The summed E-state index contributed by atoms with van der Waals surface area (Å²) in [6, 6.07) is 4.14. The van der Waals surface area contributed by atoms with Gasteiger partial charge in [-0.2, -0.15) is 13.2 Å². The Labute approximate surface area is 186 Å². The standard InChI is InChI=1S/C19H28F4N4O.HI/c1-3-24-18(25-10-14-5-6-17(28)16(20)9-14)27-8-7-15(12-27)11-26(4-2)13-19(21,22)23;/h5-6,9,15,28H,3-4,7-8,10-13H2,1-2H3,(H,24,25);1H. The van der Waals surface area contributed by atoms with E-state index in [9.17, 15) is 22.7 Å². The van der Waals surface area contributed by atoms with Crippen molar-refractivity contribution in [3.8, 4) is 5.75 Å². The Hall–Kier alpha value is -1.30. The summed E-state index contributed by atoms with van der Waals surface area (Å²) in [5.74, 6) is -0.292. The van der Waals surface area contributed by atoms with Gasteiger partial charge in [0, 0.05) is 26.2 Å². The minimum Gasteiger partial charge on any atom is -0.505 e. The molecule has 1 atom stereocenters. The highest BCUT2D eigenvalue weighted by molar-refractivity contribution is 14.0. The number of phenols is 1. The van der Waals surface area contributed by atoms with Crippen molar-refractivity contribution < 1.29 is 22.7 Å². The maximum absolute atomic E-state index is 13.5. The lowest BCUT2D eigenvalue weighted by Gasteiger charge is -2.26. The molecule has 2 N–H and O–H groups in total. The first-order valence-corrected chi connectivity index (χ1v) is 9.51. The molecule has 1 unspecified atom stereocenters.